The van der Waals surface area contributed by atoms with E-state index >= 15 is 0 Å². The van der Waals surface area contributed by atoms with Crippen LogP contribution in [0.4, 0.5) is 4.79 Å². The van der Waals surface area contributed by atoms with Gasteiger partial charge in [0.1, 0.15) is 5.75 Å². The Morgan fingerprint density at radius 1 is 1.27 bits per heavy atom. The van der Waals surface area contributed by atoms with Gasteiger partial charge in [0.15, 0.2) is 0 Å². The minimum Gasteiger partial charge on any atom is -0.497 e. The van der Waals surface area contributed by atoms with Gasteiger partial charge >= 0.3 is 6.03 Å². The van der Waals surface area contributed by atoms with Gasteiger partial charge in [0.2, 0.25) is 0 Å². The Hall–Kier alpha value is -2.01. The number of carbonyl (C=O) groups excluding carboxylic acids is 1. The van der Waals surface area contributed by atoms with Crippen LogP contribution in [0.2, 0.25) is 0 Å². The van der Waals surface area contributed by atoms with Gasteiger partial charge in [-0.15, -0.1) is 11.3 Å². The average molecular weight is 318 g/mol. The lowest BCUT2D eigenvalue weighted by molar-refractivity contribution is 0.236. The lowest BCUT2D eigenvalue weighted by Crippen LogP contribution is -2.37. The zero-order chi connectivity index (χ0) is 15.9. The minimum absolute atomic E-state index is 0.00432. The number of nitrogens with one attached hydrogen (secondary N) is 2. The zero-order valence-corrected chi connectivity index (χ0v) is 14.0. The summed E-state index contributed by atoms with van der Waals surface area (Å²) in [5, 5.41) is 7.97. The molecule has 2 N–H and O–H groups in total. The molecule has 2 amide bonds. The zero-order valence-electron chi connectivity index (χ0n) is 13.2. The van der Waals surface area contributed by atoms with E-state index in [-0.39, 0.29) is 12.1 Å². The van der Waals surface area contributed by atoms with Crippen LogP contribution < -0.4 is 15.4 Å². The summed E-state index contributed by atoms with van der Waals surface area (Å²) in [4.78, 5) is 13.3. The van der Waals surface area contributed by atoms with Crippen molar-refractivity contribution in [2.45, 2.75) is 32.9 Å². The molecule has 0 saturated heterocycles. The van der Waals surface area contributed by atoms with Crippen molar-refractivity contribution >= 4 is 17.4 Å². The van der Waals surface area contributed by atoms with Crippen molar-refractivity contribution in [1.29, 1.82) is 0 Å². The second-order valence-corrected chi connectivity index (χ2v) is 6.09. The molecule has 0 radical (unpaired) electrons. The van der Waals surface area contributed by atoms with Crippen molar-refractivity contribution in [3.8, 4) is 5.75 Å². The largest absolute Gasteiger partial charge is 0.497 e. The number of benzene rings is 1. The molecule has 0 aliphatic heterocycles. The van der Waals surface area contributed by atoms with E-state index in [0.717, 1.165) is 17.7 Å². The van der Waals surface area contributed by atoms with Gasteiger partial charge in [-0.25, -0.2) is 4.79 Å². The highest BCUT2D eigenvalue weighted by atomic mass is 32.1. The number of carbonyl (C=O) groups is 1. The van der Waals surface area contributed by atoms with Crippen molar-refractivity contribution in [2.24, 2.45) is 0 Å². The molecule has 22 heavy (non-hydrogen) atoms. The van der Waals surface area contributed by atoms with Crippen molar-refractivity contribution in [1.82, 2.24) is 10.6 Å². The first-order valence-electron chi connectivity index (χ1n) is 7.35. The van der Waals surface area contributed by atoms with E-state index in [4.69, 9.17) is 4.74 Å². The number of thiophene rings is 1. The number of amides is 2. The van der Waals surface area contributed by atoms with E-state index in [1.54, 1.807) is 18.4 Å². The third-order valence-electron chi connectivity index (χ3n) is 3.61. The van der Waals surface area contributed by atoms with E-state index < -0.39 is 0 Å². The predicted molar refractivity (Wildman–Crippen MR) is 90.5 cm³/mol. The first kappa shape index (κ1) is 16.4. The SMILES string of the molecule is CCC(NC(=O)NCc1sccc1C)c1ccc(OC)cc1. The summed E-state index contributed by atoms with van der Waals surface area (Å²) < 4.78 is 5.16. The Morgan fingerprint density at radius 3 is 2.55 bits per heavy atom. The molecule has 0 saturated carbocycles. The standard InChI is InChI=1S/C17H22N2O2S/c1-4-15(13-5-7-14(21-3)8-6-13)19-17(20)18-11-16-12(2)9-10-22-16/h5-10,15H,4,11H2,1-3H3,(H2,18,19,20). The maximum absolute atomic E-state index is 12.1. The quantitative estimate of drug-likeness (QED) is 0.845. The van der Waals surface area contributed by atoms with Gasteiger partial charge < -0.3 is 15.4 Å². The molecule has 1 unspecified atom stereocenters. The molecule has 5 heteroatoms. The molecular formula is C17H22N2O2S. The summed E-state index contributed by atoms with van der Waals surface area (Å²) in [6.45, 7) is 4.67. The molecule has 0 fully saturated rings. The van der Waals surface area contributed by atoms with Gasteiger partial charge in [0, 0.05) is 4.88 Å². The van der Waals surface area contributed by atoms with Crippen LogP contribution >= 0.6 is 11.3 Å². The van der Waals surface area contributed by atoms with Crippen molar-refractivity contribution in [2.75, 3.05) is 7.11 Å². The monoisotopic (exact) mass is 318 g/mol. The number of methoxy groups -OCH3 is 1. The summed E-state index contributed by atoms with van der Waals surface area (Å²) in [7, 11) is 1.64. The van der Waals surface area contributed by atoms with Crippen LogP contribution in [0.25, 0.3) is 0 Å². The molecule has 2 rings (SSSR count). The lowest BCUT2D eigenvalue weighted by atomic mass is 10.0. The molecule has 0 aliphatic rings. The molecule has 1 atom stereocenters. The fourth-order valence-corrected chi connectivity index (χ4v) is 3.06. The van der Waals surface area contributed by atoms with E-state index in [2.05, 4.69) is 30.5 Å². The Balaban J connectivity index is 1.91. The Kier molecular flexibility index (Phi) is 5.83. The van der Waals surface area contributed by atoms with Crippen LogP contribution in [0.3, 0.4) is 0 Å². The maximum Gasteiger partial charge on any atom is 0.315 e. The minimum atomic E-state index is -0.143. The van der Waals surface area contributed by atoms with Crippen LogP contribution in [0.5, 0.6) is 5.75 Å². The molecule has 0 spiro atoms. The Labute approximate surface area is 135 Å². The third kappa shape index (κ3) is 4.24. The van der Waals surface area contributed by atoms with E-state index in [9.17, 15) is 4.79 Å². The first-order valence-corrected chi connectivity index (χ1v) is 8.23. The molecular weight excluding hydrogens is 296 g/mol. The summed E-state index contributed by atoms with van der Waals surface area (Å²) in [6, 6.07) is 9.70. The highest BCUT2D eigenvalue weighted by Crippen LogP contribution is 2.20. The molecule has 0 aliphatic carbocycles. The normalized spacial score (nSPS) is 11.8. The van der Waals surface area contributed by atoms with E-state index in [1.165, 1.54) is 10.4 Å². The Bertz CT molecular complexity index is 607. The summed E-state index contributed by atoms with van der Waals surface area (Å²) >= 11 is 1.66. The van der Waals surface area contributed by atoms with Gasteiger partial charge in [0.25, 0.3) is 0 Å². The van der Waals surface area contributed by atoms with Crippen molar-refractivity contribution < 1.29 is 9.53 Å². The van der Waals surface area contributed by atoms with Crippen LogP contribution in [0.1, 0.15) is 35.4 Å². The van der Waals surface area contributed by atoms with Crippen molar-refractivity contribution in [3.05, 3.63) is 51.7 Å². The van der Waals surface area contributed by atoms with Gasteiger partial charge in [0.05, 0.1) is 19.7 Å². The lowest BCUT2D eigenvalue weighted by Gasteiger charge is -2.18. The highest BCUT2D eigenvalue weighted by Gasteiger charge is 2.13. The van der Waals surface area contributed by atoms with Crippen LogP contribution in [0, 0.1) is 6.92 Å². The van der Waals surface area contributed by atoms with Gasteiger partial charge in [-0.3, -0.25) is 0 Å². The number of ether oxygens (including phenoxy) is 1. The fourth-order valence-electron chi connectivity index (χ4n) is 2.21. The number of aryl methyl sites for hydroxylation is 1. The number of hydrogen-bond donors (Lipinski definition) is 2. The van der Waals surface area contributed by atoms with Gasteiger partial charge in [-0.2, -0.15) is 0 Å². The second-order valence-electron chi connectivity index (χ2n) is 5.09. The smallest absolute Gasteiger partial charge is 0.315 e. The topological polar surface area (TPSA) is 50.4 Å². The average Bonchev–Trinajstić information content (AvgIpc) is 2.96. The van der Waals surface area contributed by atoms with Gasteiger partial charge in [-0.05, 0) is 48.1 Å². The summed E-state index contributed by atoms with van der Waals surface area (Å²) in [6.07, 6.45) is 0.831. The summed E-state index contributed by atoms with van der Waals surface area (Å²) in [5.41, 5.74) is 2.29. The molecule has 0 bridgehead atoms. The molecule has 1 aromatic carbocycles. The molecule has 1 heterocycles. The van der Waals surface area contributed by atoms with Crippen LogP contribution in [-0.2, 0) is 6.54 Å². The van der Waals surface area contributed by atoms with Crippen LogP contribution in [-0.4, -0.2) is 13.1 Å². The first-order chi connectivity index (χ1) is 10.6. The van der Waals surface area contributed by atoms with Crippen molar-refractivity contribution in [3.63, 3.8) is 0 Å². The van der Waals surface area contributed by atoms with E-state index in [1.807, 2.05) is 29.6 Å². The number of urea groups is 1. The number of rotatable bonds is 6. The maximum atomic E-state index is 12.1. The second kappa shape index (κ2) is 7.84. The summed E-state index contributed by atoms with van der Waals surface area (Å²) in [5.74, 6) is 0.816. The molecule has 2 aromatic rings. The predicted octanol–water partition coefficient (Wildman–Crippen LogP) is 4.02. The highest BCUT2D eigenvalue weighted by molar-refractivity contribution is 7.10. The molecule has 4 nitrogen and oxygen atoms in total. The molecule has 118 valence electrons. The Morgan fingerprint density at radius 2 is 2.00 bits per heavy atom. The van der Waals surface area contributed by atoms with Gasteiger partial charge in [-0.1, -0.05) is 19.1 Å². The number of hydrogen-bond acceptors (Lipinski definition) is 3. The third-order valence-corrected chi connectivity index (χ3v) is 4.63. The van der Waals surface area contributed by atoms with E-state index in [0.29, 0.717) is 6.54 Å². The fraction of sp³-hybridized carbons (Fsp3) is 0.353. The molecule has 1 aromatic heterocycles. The van der Waals surface area contributed by atoms with Crippen LogP contribution in [0.15, 0.2) is 35.7 Å².